The van der Waals surface area contributed by atoms with Crippen molar-refractivity contribution >= 4 is 16.8 Å². The molecule has 0 unspecified atom stereocenters. The Balaban J connectivity index is 1.85. The summed E-state index contributed by atoms with van der Waals surface area (Å²) in [6, 6.07) is 7.55. The van der Waals surface area contributed by atoms with Gasteiger partial charge in [0.2, 0.25) is 5.91 Å². The zero-order valence-electron chi connectivity index (χ0n) is 13.5. The van der Waals surface area contributed by atoms with Crippen LogP contribution in [0.5, 0.6) is 0 Å². The molecule has 1 saturated carbocycles. The predicted octanol–water partition coefficient (Wildman–Crippen LogP) is 2.41. The van der Waals surface area contributed by atoms with Crippen molar-refractivity contribution in [3.05, 3.63) is 40.4 Å². The zero-order valence-corrected chi connectivity index (χ0v) is 13.5. The van der Waals surface area contributed by atoms with Gasteiger partial charge in [-0.1, -0.05) is 38.3 Å². The second-order valence-electron chi connectivity index (χ2n) is 6.19. The molecule has 1 amide bonds. The highest BCUT2D eigenvalue weighted by molar-refractivity contribution is 5.79. The lowest BCUT2D eigenvalue weighted by atomic mass is 9.95. The number of fused-ring (bicyclic) bond motifs is 1. The number of amides is 1. The Labute approximate surface area is 135 Å². The number of aromatic nitrogens is 2. The van der Waals surface area contributed by atoms with Gasteiger partial charge in [0.05, 0.1) is 10.9 Å². The molecule has 0 bridgehead atoms. The third-order valence-electron chi connectivity index (χ3n) is 4.53. The number of rotatable bonds is 4. The van der Waals surface area contributed by atoms with E-state index in [1.54, 1.807) is 6.07 Å². The predicted molar refractivity (Wildman–Crippen MR) is 90.4 cm³/mol. The van der Waals surface area contributed by atoms with Crippen molar-refractivity contribution < 1.29 is 4.79 Å². The molecule has 2 aromatic rings. The Bertz CT molecular complexity index is 760. The van der Waals surface area contributed by atoms with Crippen molar-refractivity contribution in [1.29, 1.82) is 0 Å². The Kier molecular flexibility index (Phi) is 4.74. The third kappa shape index (κ3) is 3.44. The fourth-order valence-corrected chi connectivity index (χ4v) is 3.31. The molecule has 23 heavy (non-hydrogen) atoms. The van der Waals surface area contributed by atoms with Crippen LogP contribution in [0.1, 0.15) is 44.9 Å². The number of hydrogen-bond acceptors (Lipinski definition) is 3. The second kappa shape index (κ2) is 6.94. The van der Waals surface area contributed by atoms with Gasteiger partial charge in [-0.2, -0.15) is 0 Å². The third-order valence-corrected chi connectivity index (χ3v) is 4.53. The van der Waals surface area contributed by atoms with E-state index >= 15 is 0 Å². The molecule has 5 heteroatoms. The van der Waals surface area contributed by atoms with Crippen molar-refractivity contribution in [3.8, 4) is 0 Å². The van der Waals surface area contributed by atoms with Crippen LogP contribution < -0.4 is 10.9 Å². The van der Waals surface area contributed by atoms with E-state index in [-0.39, 0.29) is 24.1 Å². The monoisotopic (exact) mass is 313 g/mol. The molecule has 1 aromatic carbocycles. The molecule has 0 saturated heterocycles. The minimum Gasteiger partial charge on any atom is -0.352 e. The van der Waals surface area contributed by atoms with Gasteiger partial charge < -0.3 is 5.32 Å². The van der Waals surface area contributed by atoms with Crippen molar-refractivity contribution in [2.75, 3.05) is 0 Å². The van der Waals surface area contributed by atoms with E-state index in [0.717, 1.165) is 12.8 Å². The highest BCUT2D eigenvalue weighted by Crippen LogP contribution is 2.17. The molecule has 3 rings (SSSR count). The fourth-order valence-electron chi connectivity index (χ4n) is 3.31. The Morgan fingerprint density at radius 1 is 1.26 bits per heavy atom. The molecule has 1 aliphatic carbocycles. The molecule has 0 spiro atoms. The van der Waals surface area contributed by atoms with Gasteiger partial charge in [0.1, 0.15) is 12.4 Å². The molecular weight excluding hydrogens is 290 g/mol. The minimum atomic E-state index is -0.133. The van der Waals surface area contributed by atoms with E-state index in [0.29, 0.717) is 23.1 Å². The summed E-state index contributed by atoms with van der Waals surface area (Å²) in [5.74, 6) is 0.568. The molecule has 0 radical (unpaired) electrons. The first-order valence-corrected chi connectivity index (χ1v) is 8.47. The summed E-state index contributed by atoms with van der Waals surface area (Å²) in [5, 5.41) is 3.63. The maximum absolute atomic E-state index is 12.7. The number of carbonyl (C=O) groups excluding carboxylic acids is 1. The van der Waals surface area contributed by atoms with Crippen LogP contribution in [0.4, 0.5) is 0 Å². The van der Waals surface area contributed by atoms with Crippen molar-refractivity contribution in [1.82, 2.24) is 14.9 Å². The largest absolute Gasteiger partial charge is 0.352 e. The molecule has 5 nitrogen and oxygen atoms in total. The number of para-hydroxylation sites is 1. The van der Waals surface area contributed by atoms with E-state index in [1.807, 2.05) is 25.1 Å². The molecule has 1 N–H and O–H groups in total. The minimum absolute atomic E-state index is 0.0519. The average molecular weight is 313 g/mol. The number of nitrogens with zero attached hydrogens (tertiary/aromatic N) is 2. The molecule has 1 heterocycles. The molecule has 122 valence electrons. The van der Waals surface area contributed by atoms with Gasteiger partial charge in [0.15, 0.2) is 0 Å². The lowest BCUT2D eigenvalue weighted by molar-refractivity contribution is -0.122. The van der Waals surface area contributed by atoms with Crippen molar-refractivity contribution in [2.45, 2.75) is 58.0 Å². The van der Waals surface area contributed by atoms with Gasteiger partial charge in [-0.05, 0) is 25.0 Å². The zero-order chi connectivity index (χ0) is 16.2. The first kappa shape index (κ1) is 15.7. The summed E-state index contributed by atoms with van der Waals surface area (Å²) in [5.41, 5.74) is 0.560. The molecule has 0 atom stereocenters. The topological polar surface area (TPSA) is 64.0 Å². The van der Waals surface area contributed by atoms with E-state index in [1.165, 1.54) is 23.8 Å². The van der Waals surface area contributed by atoms with Crippen molar-refractivity contribution in [3.63, 3.8) is 0 Å². The lowest BCUT2D eigenvalue weighted by Crippen LogP contribution is -2.40. The summed E-state index contributed by atoms with van der Waals surface area (Å²) in [7, 11) is 0. The van der Waals surface area contributed by atoms with Gasteiger partial charge in [-0.25, -0.2) is 4.98 Å². The Morgan fingerprint density at radius 2 is 2.00 bits per heavy atom. The van der Waals surface area contributed by atoms with Crippen LogP contribution in [-0.2, 0) is 17.8 Å². The normalized spacial score (nSPS) is 15.7. The number of benzene rings is 1. The number of hydrogen-bond donors (Lipinski definition) is 1. The van der Waals surface area contributed by atoms with Gasteiger partial charge in [0, 0.05) is 12.5 Å². The number of nitrogens with one attached hydrogen (secondary N) is 1. The van der Waals surface area contributed by atoms with Crippen LogP contribution in [0, 0.1) is 0 Å². The number of carbonyl (C=O) groups is 1. The Hall–Kier alpha value is -2.17. The van der Waals surface area contributed by atoms with Crippen molar-refractivity contribution in [2.24, 2.45) is 0 Å². The van der Waals surface area contributed by atoms with Crippen LogP contribution in [-0.4, -0.2) is 21.5 Å². The van der Waals surface area contributed by atoms with Gasteiger partial charge in [-0.3, -0.25) is 14.2 Å². The first-order valence-electron chi connectivity index (χ1n) is 8.47. The van der Waals surface area contributed by atoms with E-state index < -0.39 is 0 Å². The van der Waals surface area contributed by atoms with E-state index in [2.05, 4.69) is 10.3 Å². The van der Waals surface area contributed by atoms with Gasteiger partial charge >= 0.3 is 0 Å². The van der Waals surface area contributed by atoms with Gasteiger partial charge in [-0.15, -0.1) is 0 Å². The molecule has 0 aliphatic heterocycles. The van der Waals surface area contributed by atoms with Crippen LogP contribution in [0.25, 0.3) is 10.9 Å². The fraction of sp³-hybridized carbons (Fsp3) is 0.500. The Morgan fingerprint density at radius 3 is 2.74 bits per heavy atom. The highest BCUT2D eigenvalue weighted by atomic mass is 16.2. The maximum Gasteiger partial charge on any atom is 0.261 e. The maximum atomic E-state index is 12.7. The molecule has 1 aliphatic rings. The summed E-state index contributed by atoms with van der Waals surface area (Å²) >= 11 is 0. The van der Waals surface area contributed by atoms with E-state index in [9.17, 15) is 9.59 Å². The summed E-state index contributed by atoms with van der Waals surface area (Å²) < 4.78 is 1.51. The summed E-state index contributed by atoms with van der Waals surface area (Å²) in [6.45, 7) is 2.00. The number of aryl methyl sites for hydroxylation is 1. The van der Waals surface area contributed by atoms with Gasteiger partial charge in [0.25, 0.3) is 5.56 Å². The first-order chi connectivity index (χ1) is 11.2. The molecular formula is C18H23N3O2. The average Bonchev–Trinajstić information content (AvgIpc) is 2.58. The quantitative estimate of drug-likeness (QED) is 0.943. The smallest absolute Gasteiger partial charge is 0.261 e. The summed E-state index contributed by atoms with van der Waals surface area (Å²) in [4.78, 5) is 29.6. The SMILES string of the molecule is CCc1nc2ccccc2c(=O)n1CC(=O)NC1CCCCC1. The second-order valence-corrected chi connectivity index (χ2v) is 6.19. The molecule has 1 fully saturated rings. The van der Waals surface area contributed by atoms with Crippen LogP contribution in [0.3, 0.4) is 0 Å². The van der Waals surface area contributed by atoms with Crippen LogP contribution >= 0.6 is 0 Å². The van der Waals surface area contributed by atoms with E-state index in [4.69, 9.17) is 0 Å². The highest BCUT2D eigenvalue weighted by Gasteiger charge is 2.18. The standard InChI is InChI=1S/C18H23N3O2/c1-2-16-20-15-11-7-6-10-14(15)18(23)21(16)12-17(22)19-13-8-4-3-5-9-13/h6-7,10-11,13H,2-5,8-9,12H2,1H3,(H,19,22). The summed E-state index contributed by atoms with van der Waals surface area (Å²) in [6.07, 6.45) is 6.29. The molecule has 1 aromatic heterocycles. The van der Waals surface area contributed by atoms with Crippen LogP contribution in [0.2, 0.25) is 0 Å². The van der Waals surface area contributed by atoms with Crippen LogP contribution in [0.15, 0.2) is 29.1 Å². The lowest BCUT2D eigenvalue weighted by Gasteiger charge is -2.23.